The number of nitrogens with zero attached hydrogens (tertiary/aromatic N) is 1. The van der Waals surface area contributed by atoms with Gasteiger partial charge in [-0.2, -0.15) is 0 Å². The summed E-state index contributed by atoms with van der Waals surface area (Å²) in [6.45, 7) is 2.52. The van der Waals surface area contributed by atoms with Gasteiger partial charge < -0.3 is 10.6 Å². The molecule has 0 saturated heterocycles. The summed E-state index contributed by atoms with van der Waals surface area (Å²) < 4.78 is 24.2. The van der Waals surface area contributed by atoms with Gasteiger partial charge in [0, 0.05) is 19.6 Å². The van der Waals surface area contributed by atoms with Gasteiger partial charge in [0.1, 0.15) is 0 Å². The fourth-order valence-electron chi connectivity index (χ4n) is 1.94. The van der Waals surface area contributed by atoms with Crippen LogP contribution in [0.2, 0.25) is 0 Å². The minimum absolute atomic E-state index is 0. The van der Waals surface area contributed by atoms with Crippen molar-refractivity contribution in [1.82, 2.24) is 10.6 Å². The molecule has 21 heavy (non-hydrogen) atoms. The van der Waals surface area contributed by atoms with E-state index >= 15 is 0 Å². The van der Waals surface area contributed by atoms with E-state index in [4.69, 9.17) is 0 Å². The van der Waals surface area contributed by atoms with E-state index in [1.54, 1.807) is 37.4 Å². The van der Waals surface area contributed by atoms with E-state index in [0.29, 0.717) is 29.4 Å². The average molecular weight is 423 g/mol. The minimum Gasteiger partial charge on any atom is -0.355 e. The summed E-state index contributed by atoms with van der Waals surface area (Å²) in [4.78, 5) is 4.46. The summed E-state index contributed by atoms with van der Waals surface area (Å²) in [5.41, 5.74) is 0. The predicted molar refractivity (Wildman–Crippen MR) is 96.0 cm³/mol. The zero-order valence-electron chi connectivity index (χ0n) is 12.2. The van der Waals surface area contributed by atoms with Gasteiger partial charge in [0.25, 0.3) is 0 Å². The highest BCUT2D eigenvalue weighted by atomic mass is 127. The Hall–Kier alpha value is -0.830. The predicted octanol–water partition coefficient (Wildman–Crippen LogP) is 1.65. The van der Waals surface area contributed by atoms with Crippen molar-refractivity contribution in [3.05, 3.63) is 30.3 Å². The van der Waals surface area contributed by atoms with Gasteiger partial charge in [-0.1, -0.05) is 25.1 Å². The van der Waals surface area contributed by atoms with Gasteiger partial charge in [0.05, 0.1) is 10.6 Å². The topological polar surface area (TPSA) is 70.6 Å². The van der Waals surface area contributed by atoms with Gasteiger partial charge in [-0.05, 0) is 24.5 Å². The Balaban J connectivity index is 0.00000220. The number of sulfone groups is 1. The summed E-state index contributed by atoms with van der Waals surface area (Å²) in [6.07, 6.45) is 1.14. The molecule has 2 atom stereocenters. The van der Waals surface area contributed by atoms with Gasteiger partial charge in [-0.25, -0.2) is 8.42 Å². The molecule has 1 aromatic rings. The smallest absolute Gasteiger partial charge is 0.191 e. The third-order valence-corrected chi connectivity index (χ3v) is 5.15. The number of guanidine groups is 1. The Kier molecular flexibility index (Phi) is 6.92. The number of hydrogen-bond acceptors (Lipinski definition) is 3. The SMILES string of the molecule is CN=C(NCCS(=O)(=O)c1ccccc1)NC1CC1C.I. The molecule has 1 aliphatic carbocycles. The summed E-state index contributed by atoms with van der Waals surface area (Å²) in [5.74, 6) is 1.39. The van der Waals surface area contributed by atoms with Crippen LogP contribution in [0.15, 0.2) is 40.2 Å². The number of hydrogen-bond donors (Lipinski definition) is 2. The Morgan fingerprint density at radius 1 is 1.33 bits per heavy atom. The Bertz CT molecular complexity index is 575. The van der Waals surface area contributed by atoms with Crippen LogP contribution in [0.3, 0.4) is 0 Å². The monoisotopic (exact) mass is 423 g/mol. The molecular weight excluding hydrogens is 401 g/mol. The first-order valence-corrected chi connectivity index (χ1v) is 8.43. The number of nitrogens with one attached hydrogen (secondary N) is 2. The van der Waals surface area contributed by atoms with Crippen LogP contribution in [0.25, 0.3) is 0 Å². The van der Waals surface area contributed by atoms with E-state index in [0.717, 1.165) is 6.42 Å². The van der Waals surface area contributed by atoms with E-state index in [9.17, 15) is 8.42 Å². The molecule has 2 rings (SSSR count). The van der Waals surface area contributed by atoms with Crippen molar-refractivity contribution in [2.75, 3.05) is 19.3 Å². The van der Waals surface area contributed by atoms with E-state index in [2.05, 4.69) is 22.5 Å². The normalized spacial score (nSPS) is 21.3. The molecule has 0 bridgehead atoms. The number of halogens is 1. The Morgan fingerprint density at radius 3 is 2.48 bits per heavy atom. The molecule has 0 aromatic heterocycles. The van der Waals surface area contributed by atoms with Crippen LogP contribution < -0.4 is 10.6 Å². The first-order chi connectivity index (χ1) is 9.53. The largest absolute Gasteiger partial charge is 0.355 e. The van der Waals surface area contributed by atoms with Crippen molar-refractivity contribution >= 4 is 39.8 Å². The average Bonchev–Trinajstić information content (AvgIpc) is 3.14. The summed E-state index contributed by atoms with van der Waals surface area (Å²) >= 11 is 0. The Morgan fingerprint density at radius 2 is 1.95 bits per heavy atom. The molecule has 0 spiro atoms. The van der Waals surface area contributed by atoms with E-state index in [1.807, 2.05) is 0 Å². The lowest BCUT2D eigenvalue weighted by Gasteiger charge is -2.11. The zero-order chi connectivity index (χ0) is 14.6. The molecule has 0 radical (unpaired) electrons. The lowest BCUT2D eigenvalue weighted by Crippen LogP contribution is -2.41. The number of benzene rings is 1. The maximum absolute atomic E-state index is 12.1. The second kappa shape index (κ2) is 7.98. The molecule has 0 heterocycles. The van der Waals surface area contributed by atoms with E-state index in [-0.39, 0.29) is 29.7 Å². The third kappa shape index (κ3) is 5.46. The van der Waals surface area contributed by atoms with Crippen LogP contribution in [0.4, 0.5) is 0 Å². The fraction of sp³-hybridized carbons (Fsp3) is 0.500. The molecule has 2 N–H and O–H groups in total. The van der Waals surface area contributed by atoms with Gasteiger partial charge in [-0.15, -0.1) is 24.0 Å². The van der Waals surface area contributed by atoms with E-state index in [1.165, 1.54) is 0 Å². The second-order valence-corrected chi connectivity index (χ2v) is 7.20. The van der Waals surface area contributed by atoms with Crippen molar-refractivity contribution in [1.29, 1.82) is 0 Å². The molecule has 0 aliphatic heterocycles. The first-order valence-electron chi connectivity index (χ1n) is 6.78. The van der Waals surface area contributed by atoms with Gasteiger partial charge in [0.2, 0.25) is 0 Å². The third-order valence-electron chi connectivity index (χ3n) is 3.42. The quantitative estimate of drug-likeness (QED) is 0.430. The highest BCUT2D eigenvalue weighted by Gasteiger charge is 2.33. The number of aliphatic imine (C=N–C) groups is 1. The fourth-order valence-corrected chi connectivity index (χ4v) is 3.12. The standard InChI is InChI=1S/C14H21N3O2S.HI/c1-11-10-13(11)17-14(15-2)16-8-9-20(18,19)12-6-4-3-5-7-12;/h3-7,11,13H,8-10H2,1-2H3,(H2,15,16,17);1H. The highest BCUT2D eigenvalue weighted by Crippen LogP contribution is 2.28. The van der Waals surface area contributed by atoms with Crippen molar-refractivity contribution in [2.45, 2.75) is 24.3 Å². The summed E-state index contributed by atoms with van der Waals surface area (Å²) in [7, 11) is -1.54. The van der Waals surface area contributed by atoms with Crippen molar-refractivity contribution in [2.24, 2.45) is 10.9 Å². The molecule has 1 fully saturated rings. The molecule has 0 amide bonds. The molecule has 1 saturated carbocycles. The first kappa shape index (κ1) is 18.2. The zero-order valence-corrected chi connectivity index (χ0v) is 15.4. The van der Waals surface area contributed by atoms with Crippen molar-refractivity contribution < 1.29 is 8.42 Å². The van der Waals surface area contributed by atoms with E-state index < -0.39 is 9.84 Å². The lowest BCUT2D eigenvalue weighted by atomic mass is 10.4. The highest BCUT2D eigenvalue weighted by molar-refractivity contribution is 14.0. The van der Waals surface area contributed by atoms with Gasteiger partial charge in [0.15, 0.2) is 15.8 Å². The van der Waals surface area contributed by atoms with Crippen LogP contribution in [-0.4, -0.2) is 39.8 Å². The van der Waals surface area contributed by atoms with Crippen LogP contribution in [0.1, 0.15) is 13.3 Å². The molecule has 2 unspecified atom stereocenters. The minimum atomic E-state index is -3.23. The maximum Gasteiger partial charge on any atom is 0.191 e. The molecule has 5 nitrogen and oxygen atoms in total. The van der Waals surface area contributed by atoms with Crippen LogP contribution in [-0.2, 0) is 9.84 Å². The molecule has 7 heteroatoms. The maximum atomic E-state index is 12.1. The molecule has 118 valence electrons. The lowest BCUT2D eigenvalue weighted by molar-refractivity contribution is 0.594. The summed E-state index contributed by atoms with van der Waals surface area (Å²) in [5, 5.41) is 6.31. The van der Waals surface area contributed by atoms with Crippen LogP contribution in [0.5, 0.6) is 0 Å². The number of rotatable bonds is 5. The van der Waals surface area contributed by atoms with Crippen molar-refractivity contribution in [3.63, 3.8) is 0 Å². The van der Waals surface area contributed by atoms with Gasteiger partial charge in [-0.3, -0.25) is 4.99 Å². The molecular formula is C14H22IN3O2S. The van der Waals surface area contributed by atoms with Gasteiger partial charge >= 0.3 is 0 Å². The van der Waals surface area contributed by atoms with Crippen LogP contribution in [0, 0.1) is 5.92 Å². The van der Waals surface area contributed by atoms with Crippen molar-refractivity contribution in [3.8, 4) is 0 Å². The second-order valence-electron chi connectivity index (χ2n) is 5.09. The summed E-state index contributed by atoms with van der Waals surface area (Å²) in [6, 6.07) is 8.97. The molecule has 1 aromatic carbocycles. The van der Waals surface area contributed by atoms with Crippen LogP contribution >= 0.6 is 24.0 Å². The molecule has 1 aliphatic rings. The Labute approximate surface area is 143 Å².